The molecule has 0 aliphatic rings. The van der Waals surface area contributed by atoms with E-state index in [1.54, 1.807) is 0 Å². The first-order valence-electron chi connectivity index (χ1n) is 7.37. The maximum absolute atomic E-state index is 14.1. The van der Waals surface area contributed by atoms with Crippen LogP contribution in [0.25, 0.3) is 0 Å². The lowest BCUT2D eigenvalue weighted by molar-refractivity contribution is -0.0499. The lowest BCUT2D eigenvalue weighted by Crippen LogP contribution is -2.16. The molecule has 1 aromatic carbocycles. The highest BCUT2D eigenvalue weighted by Crippen LogP contribution is 2.25. The van der Waals surface area contributed by atoms with Gasteiger partial charge in [-0.15, -0.1) is 0 Å². The summed E-state index contributed by atoms with van der Waals surface area (Å²) in [6.45, 7) is 0.650. The number of aromatic nitrogens is 1. The number of pyridine rings is 1. The summed E-state index contributed by atoms with van der Waals surface area (Å²) < 4.78 is 43.0. The molecule has 2 aromatic rings. The third kappa shape index (κ3) is 4.56. The van der Waals surface area contributed by atoms with Crippen molar-refractivity contribution in [3.8, 4) is 5.75 Å². The standard InChI is InChI=1S/C17H16F3N3O2/c1-9(2)23-15-5-10(8-24)22-7-13(15)16(21)12-6-11(25-17(19)20)3-4-14(12)18/h3-9,17,21H,1-2H3,(H,22,23). The molecule has 0 radical (unpaired) electrons. The number of aldehydes is 1. The Balaban J connectivity index is 2.48. The fraction of sp³-hybridized carbons (Fsp3) is 0.235. The molecule has 2 N–H and O–H groups in total. The maximum Gasteiger partial charge on any atom is 0.387 e. The molecule has 0 saturated carbocycles. The van der Waals surface area contributed by atoms with Gasteiger partial charge in [-0.05, 0) is 38.1 Å². The monoisotopic (exact) mass is 351 g/mol. The van der Waals surface area contributed by atoms with E-state index in [1.807, 2.05) is 13.8 Å². The van der Waals surface area contributed by atoms with E-state index in [9.17, 15) is 18.0 Å². The Bertz CT molecular complexity index is 795. The summed E-state index contributed by atoms with van der Waals surface area (Å²) in [6, 6.07) is 4.45. The van der Waals surface area contributed by atoms with E-state index in [1.165, 1.54) is 12.3 Å². The van der Waals surface area contributed by atoms with Crippen LogP contribution in [0.1, 0.15) is 35.5 Å². The largest absolute Gasteiger partial charge is 0.435 e. The molecule has 1 heterocycles. The van der Waals surface area contributed by atoms with Crippen molar-refractivity contribution in [2.75, 3.05) is 5.32 Å². The van der Waals surface area contributed by atoms with Gasteiger partial charge in [0.05, 0.1) is 5.71 Å². The quantitative estimate of drug-likeness (QED) is 0.586. The smallest absolute Gasteiger partial charge is 0.387 e. The van der Waals surface area contributed by atoms with Crippen LogP contribution in [-0.2, 0) is 0 Å². The van der Waals surface area contributed by atoms with Gasteiger partial charge in [-0.2, -0.15) is 8.78 Å². The molecule has 1 aromatic heterocycles. The van der Waals surface area contributed by atoms with E-state index >= 15 is 0 Å². The zero-order chi connectivity index (χ0) is 18.6. The van der Waals surface area contributed by atoms with Crippen molar-refractivity contribution >= 4 is 17.7 Å². The third-order valence-corrected chi connectivity index (χ3v) is 3.19. The first-order valence-corrected chi connectivity index (χ1v) is 7.37. The predicted octanol–water partition coefficient (Wildman–Crippen LogP) is 3.87. The number of carbonyl (C=O) groups excluding carboxylic acids is 1. The van der Waals surface area contributed by atoms with Gasteiger partial charge in [0.1, 0.15) is 17.3 Å². The summed E-state index contributed by atoms with van der Waals surface area (Å²) in [5.41, 5.74) is 0.301. The van der Waals surface area contributed by atoms with E-state index in [0.717, 1.165) is 18.2 Å². The van der Waals surface area contributed by atoms with Crippen LogP contribution < -0.4 is 10.1 Å². The van der Waals surface area contributed by atoms with Gasteiger partial charge < -0.3 is 10.1 Å². The van der Waals surface area contributed by atoms with Crippen molar-refractivity contribution < 1.29 is 22.7 Å². The maximum atomic E-state index is 14.1. The molecule has 25 heavy (non-hydrogen) atoms. The Morgan fingerprint density at radius 1 is 1.28 bits per heavy atom. The molecule has 0 aliphatic carbocycles. The molecule has 8 heteroatoms. The van der Waals surface area contributed by atoms with E-state index in [-0.39, 0.29) is 34.3 Å². The van der Waals surface area contributed by atoms with Crippen molar-refractivity contribution in [3.63, 3.8) is 0 Å². The van der Waals surface area contributed by atoms with Gasteiger partial charge in [0, 0.05) is 29.1 Å². The van der Waals surface area contributed by atoms with Crippen LogP contribution in [0.5, 0.6) is 5.75 Å². The highest BCUT2D eigenvalue weighted by atomic mass is 19.3. The van der Waals surface area contributed by atoms with Gasteiger partial charge >= 0.3 is 6.61 Å². The number of benzene rings is 1. The van der Waals surface area contributed by atoms with Crippen LogP contribution in [-0.4, -0.2) is 29.6 Å². The Hall–Kier alpha value is -2.90. The molecule has 2 rings (SSSR count). The van der Waals surface area contributed by atoms with Crippen molar-refractivity contribution in [2.24, 2.45) is 0 Å². The van der Waals surface area contributed by atoms with E-state index in [2.05, 4.69) is 15.0 Å². The highest BCUT2D eigenvalue weighted by molar-refractivity contribution is 6.14. The average molecular weight is 351 g/mol. The molecule has 0 spiro atoms. The number of nitrogens with one attached hydrogen (secondary N) is 2. The second-order valence-corrected chi connectivity index (χ2v) is 5.47. The molecule has 0 fully saturated rings. The zero-order valence-electron chi connectivity index (χ0n) is 13.5. The minimum atomic E-state index is -3.06. The first-order chi connectivity index (χ1) is 11.8. The summed E-state index contributed by atoms with van der Waals surface area (Å²) in [4.78, 5) is 14.8. The Kier molecular flexibility index (Phi) is 5.74. The normalized spacial score (nSPS) is 10.8. The van der Waals surface area contributed by atoms with Gasteiger partial charge in [-0.25, -0.2) is 4.39 Å². The fourth-order valence-electron chi connectivity index (χ4n) is 2.18. The number of ether oxygens (including phenoxy) is 1. The SMILES string of the molecule is CC(C)Nc1cc(C=O)ncc1C(=N)c1cc(OC(F)F)ccc1F. The fourth-order valence-corrected chi connectivity index (χ4v) is 2.18. The van der Waals surface area contributed by atoms with E-state index in [4.69, 9.17) is 5.41 Å². The zero-order valence-corrected chi connectivity index (χ0v) is 13.5. The molecule has 0 saturated heterocycles. The lowest BCUT2D eigenvalue weighted by atomic mass is 10.0. The number of alkyl halides is 2. The number of nitrogens with zero attached hydrogens (tertiary/aromatic N) is 1. The van der Waals surface area contributed by atoms with Gasteiger partial charge in [-0.3, -0.25) is 15.2 Å². The minimum Gasteiger partial charge on any atom is -0.435 e. The van der Waals surface area contributed by atoms with Crippen LogP contribution in [0.15, 0.2) is 30.5 Å². The molecule has 0 unspecified atom stereocenters. The molecular weight excluding hydrogens is 335 g/mol. The molecule has 132 valence electrons. The molecule has 0 bridgehead atoms. The number of hydrogen-bond acceptors (Lipinski definition) is 5. The highest BCUT2D eigenvalue weighted by Gasteiger charge is 2.17. The summed E-state index contributed by atoms with van der Waals surface area (Å²) in [7, 11) is 0. The Morgan fingerprint density at radius 3 is 2.60 bits per heavy atom. The van der Waals surface area contributed by atoms with Gasteiger partial charge in [-0.1, -0.05) is 0 Å². The van der Waals surface area contributed by atoms with Crippen LogP contribution in [0, 0.1) is 11.2 Å². The number of rotatable bonds is 7. The molecular formula is C17H16F3N3O2. The average Bonchev–Trinajstić information content (AvgIpc) is 2.55. The number of anilines is 1. The van der Waals surface area contributed by atoms with Gasteiger partial charge in [0.2, 0.25) is 0 Å². The van der Waals surface area contributed by atoms with Gasteiger partial charge in [0.15, 0.2) is 6.29 Å². The van der Waals surface area contributed by atoms with Crippen molar-refractivity contribution in [1.29, 1.82) is 5.41 Å². The number of carbonyl (C=O) groups is 1. The van der Waals surface area contributed by atoms with Crippen molar-refractivity contribution in [1.82, 2.24) is 4.98 Å². The minimum absolute atomic E-state index is 0.0215. The van der Waals surface area contributed by atoms with Crippen LogP contribution >= 0.6 is 0 Å². The van der Waals surface area contributed by atoms with E-state index < -0.39 is 12.4 Å². The van der Waals surface area contributed by atoms with Crippen LogP contribution in [0.3, 0.4) is 0 Å². The van der Waals surface area contributed by atoms with E-state index in [0.29, 0.717) is 12.0 Å². The topological polar surface area (TPSA) is 75.1 Å². The van der Waals surface area contributed by atoms with Crippen molar-refractivity contribution in [2.45, 2.75) is 26.5 Å². The molecule has 0 aliphatic heterocycles. The predicted molar refractivity (Wildman–Crippen MR) is 87.3 cm³/mol. The first kappa shape index (κ1) is 18.4. The van der Waals surface area contributed by atoms with Crippen LogP contribution in [0.4, 0.5) is 18.9 Å². The second-order valence-electron chi connectivity index (χ2n) is 5.47. The summed E-state index contributed by atoms with van der Waals surface area (Å²) >= 11 is 0. The van der Waals surface area contributed by atoms with Crippen LogP contribution in [0.2, 0.25) is 0 Å². The third-order valence-electron chi connectivity index (χ3n) is 3.19. The molecule has 0 atom stereocenters. The summed E-state index contributed by atoms with van der Waals surface area (Å²) in [6.07, 6.45) is 1.81. The summed E-state index contributed by atoms with van der Waals surface area (Å²) in [5.74, 6) is -1.02. The number of hydrogen-bond donors (Lipinski definition) is 2. The molecule has 0 amide bonds. The lowest BCUT2D eigenvalue weighted by Gasteiger charge is -2.16. The molecule has 5 nitrogen and oxygen atoms in total. The number of halogens is 3. The second kappa shape index (κ2) is 7.78. The Morgan fingerprint density at radius 2 is 2.00 bits per heavy atom. The Labute approximate surface area is 142 Å². The van der Waals surface area contributed by atoms with Crippen molar-refractivity contribution in [3.05, 3.63) is 53.1 Å². The summed E-state index contributed by atoms with van der Waals surface area (Å²) in [5, 5.41) is 11.3. The van der Waals surface area contributed by atoms with Gasteiger partial charge in [0.25, 0.3) is 0 Å².